The summed E-state index contributed by atoms with van der Waals surface area (Å²) in [5.74, 6) is -0.484. The third-order valence-electron chi connectivity index (χ3n) is 3.59. The van der Waals surface area contributed by atoms with Crippen molar-refractivity contribution in [1.29, 1.82) is 0 Å². The molecule has 23 heavy (non-hydrogen) atoms. The minimum Gasteiger partial charge on any atom is -0.464 e. The van der Waals surface area contributed by atoms with E-state index in [1.807, 2.05) is 0 Å². The summed E-state index contributed by atoms with van der Waals surface area (Å²) in [6, 6.07) is 3.17. The summed E-state index contributed by atoms with van der Waals surface area (Å²) in [6.45, 7) is -0.483. The van der Waals surface area contributed by atoms with Gasteiger partial charge in [-0.3, -0.25) is 0 Å². The van der Waals surface area contributed by atoms with Gasteiger partial charge in [-0.2, -0.15) is 0 Å². The number of carbonyl (C=O) groups excluding carboxylic acids is 1. The van der Waals surface area contributed by atoms with Gasteiger partial charge >= 0.3 is 5.97 Å². The summed E-state index contributed by atoms with van der Waals surface area (Å²) in [5, 5.41) is 36.7. The second kappa shape index (κ2) is 6.08. The van der Waals surface area contributed by atoms with Crippen LogP contribution in [-0.4, -0.2) is 68.3 Å². The largest absolute Gasteiger partial charge is 0.464 e. The molecule has 0 saturated carbocycles. The maximum Gasteiger partial charge on any atom is 0.361 e. The molecule has 3 heterocycles. The second-order valence-electron chi connectivity index (χ2n) is 4.93. The molecule has 4 atom stereocenters. The highest BCUT2D eigenvalue weighted by atomic mass is 16.6. The summed E-state index contributed by atoms with van der Waals surface area (Å²) < 4.78 is 16.4. The lowest BCUT2D eigenvalue weighted by Gasteiger charge is -2.16. The number of hydrogen-bond acceptors (Lipinski definition) is 9. The van der Waals surface area contributed by atoms with Crippen LogP contribution in [0, 0.1) is 0 Å². The van der Waals surface area contributed by atoms with Crippen LogP contribution in [0.4, 0.5) is 0 Å². The lowest BCUT2D eigenvalue weighted by atomic mass is 10.1. The van der Waals surface area contributed by atoms with Gasteiger partial charge < -0.3 is 29.2 Å². The first-order valence-corrected chi connectivity index (χ1v) is 6.78. The predicted molar refractivity (Wildman–Crippen MR) is 72.1 cm³/mol. The molecule has 1 fully saturated rings. The van der Waals surface area contributed by atoms with Crippen LogP contribution in [0.2, 0.25) is 0 Å². The molecule has 0 radical (unpaired) electrons. The molecule has 0 unspecified atom stereocenters. The molecule has 0 bridgehead atoms. The van der Waals surface area contributed by atoms with Crippen LogP contribution in [0.3, 0.4) is 0 Å². The fourth-order valence-electron chi connectivity index (χ4n) is 2.43. The molecule has 10 heteroatoms. The Labute approximate surface area is 129 Å². The Morgan fingerprint density at radius 3 is 2.78 bits per heavy atom. The van der Waals surface area contributed by atoms with Gasteiger partial charge in [0.15, 0.2) is 12.0 Å². The van der Waals surface area contributed by atoms with Crippen molar-refractivity contribution >= 4 is 5.97 Å². The van der Waals surface area contributed by atoms with E-state index in [-0.39, 0.29) is 17.1 Å². The Balaban J connectivity index is 2.07. The number of nitrogens with zero attached hydrogens (tertiary/aromatic N) is 3. The van der Waals surface area contributed by atoms with E-state index < -0.39 is 37.1 Å². The maximum absolute atomic E-state index is 11.9. The van der Waals surface area contributed by atoms with E-state index in [0.29, 0.717) is 0 Å². The van der Waals surface area contributed by atoms with Crippen LogP contribution in [0.15, 0.2) is 22.8 Å². The van der Waals surface area contributed by atoms with Gasteiger partial charge in [0.2, 0.25) is 5.69 Å². The predicted octanol–water partition coefficient (Wildman–Crippen LogP) is -1.06. The normalized spacial score (nSPS) is 27.3. The Bertz CT molecular complexity index is 684. The van der Waals surface area contributed by atoms with Gasteiger partial charge in [-0.1, -0.05) is 5.21 Å². The van der Waals surface area contributed by atoms with E-state index in [1.165, 1.54) is 13.4 Å². The molecule has 1 aliphatic rings. The minimum atomic E-state index is -1.37. The van der Waals surface area contributed by atoms with E-state index in [9.17, 15) is 15.0 Å². The summed E-state index contributed by atoms with van der Waals surface area (Å²) in [6.07, 6.45) is -3.41. The minimum absolute atomic E-state index is 0.125. The van der Waals surface area contributed by atoms with Gasteiger partial charge in [-0.15, -0.1) is 5.10 Å². The Morgan fingerprint density at radius 2 is 2.22 bits per heavy atom. The maximum atomic E-state index is 11.9. The van der Waals surface area contributed by atoms with Crippen LogP contribution in [0.25, 0.3) is 11.5 Å². The molecule has 0 aliphatic carbocycles. The first-order chi connectivity index (χ1) is 11.1. The van der Waals surface area contributed by atoms with Gasteiger partial charge in [0.1, 0.15) is 24.0 Å². The van der Waals surface area contributed by atoms with E-state index in [1.54, 1.807) is 12.1 Å². The molecule has 3 N–H and O–H groups in total. The second-order valence-corrected chi connectivity index (χ2v) is 4.93. The molecule has 0 amide bonds. The number of aromatic nitrogens is 3. The van der Waals surface area contributed by atoms with Crippen molar-refractivity contribution in [2.24, 2.45) is 0 Å². The Kier molecular flexibility index (Phi) is 4.13. The fraction of sp³-hybridized carbons (Fsp3) is 0.462. The van der Waals surface area contributed by atoms with E-state index in [4.69, 9.17) is 14.3 Å². The molecular weight excluding hydrogens is 310 g/mol. The van der Waals surface area contributed by atoms with Crippen LogP contribution in [0.1, 0.15) is 16.7 Å². The fourth-order valence-corrected chi connectivity index (χ4v) is 2.43. The van der Waals surface area contributed by atoms with E-state index in [0.717, 1.165) is 4.68 Å². The molecule has 1 aliphatic heterocycles. The average Bonchev–Trinajstić information content (AvgIpc) is 3.27. The average molecular weight is 325 g/mol. The molecule has 1 saturated heterocycles. The van der Waals surface area contributed by atoms with Gasteiger partial charge in [0.05, 0.1) is 20.0 Å². The SMILES string of the molecule is COC(=O)c1nnn([C@@H]2O[C@H](CO)[C@@H](O)[C@H]2O)c1-c1ccco1. The van der Waals surface area contributed by atoms with Crippen molar-refractivity contribution in [3.8, 4) is 11.5 Å². The number of esters is 1. The van der Waals surface area contributed by atoms with Crippen LogP contribution in [0.5, 0.6) is 0 Å². The lowest BCUT2D eigenvalue weighted by Crippen LogP contribution is -2.33. The number of aliphatic hydroxyl groups is 3. The molecular formula is C13H15N3O7. The van der Waals surface area contributed by atoms with Crippen molar-refractivity contribution in [3.63, 3.8) is 0 Å². The number of furan rings is 1. The monoisotopic (exact) mass is 325 g/mol. The summed E-state index contributed by atoms with van der Waals surface area (Å²) in [7, 11) is 1.19. The highest BCUT2D eigenvalue weighted by molar-refractivity contribution is 5.93. The summed E-state index contributed by atoms with van der Waals surface area (Å²) in [4.78, 5) is 11.9. The number of aliphatic hydroxyl groups excluding tert-OH is 3. The van der Waals surface area contributed by atoms with E-state index >= 15 is 0 Å². The highest BCUT2D eigenvalue weighted by Crippen LogP contribution is 2.34. The number of ether oxygens (including phenoxy) is 2. The van der Waals surface area contributed by atoms with Gasteiger partial charge in [-0.25, -0.2) is 9.48 Å². The van der Waals surface area contributed by atoms with Crippen molar-refractivity contribution in [2.45, 2.75) is 24.5 Å². The topological polar surface area (TPSA) is 140 Å². The third kappa shape index (κ3) is 2.51. The zero-order chi connectivity index (χ0) is 16.6. The van der Waals surface area contributed by atoms with Crippen molar-refractivity contribution < 1.29 is 34.0 Å². The molecule has 2 aromatic heterocycles. The molecule has 3 rings (SSSR count). The van der Waals surface area contributed by atoms with E-state index in [2.05, 4.69) is 15.0 Å². The molecule has 124 valence electrons. The quantitative estimate of drug-likeness (QED) is 0.600. The smallest absolute Gasteiger partial charge is 0.361 e. The molecule has 2 aromatic rings. The van der Waals surface area contributed by atoms with Crippen LogP contribution >= 0.6 is 0 Å². The van der Waals surface area contributed by atoms with Crippen molar-refractivity contribution in [2.75, 3.05) is 13.7 Å². The first-order valence-electron chi connectivity index (χ1n) is 6.78. The Hall–Kier alpha value is -2.27. The first kappa shape index (κ1) is 15.6. The summed E-state index contributed by atoms with van der Waals surface area (Å²) in [5.41, 5.74) is 0.0110. The lowest BCUT2D eigenvalue weighted by molar-refractivity contribution is -0.0586. The molecule has 0 spiro atoms. The van der Waals surface area contributed by atoms with Crippen molar-refractivity contribution in [1.82, 2.24) is 15.0 Å². The van der Waals surface area contributed by atoms with Gasteiger partial charge in [-0.05, 0) is 12.1 Å². The molecule has 0 aromatic carbocycles. The van der Waals surface area contributed by atoms with Crippen LogP contribution < -0.4 is 0 Å². The van der Waals surface area contributed by atoms with Crippen molar-refractivity contribution in [3.05, 3.63) is 24.1 Å². The molecule has 10 nitrogen and oxygen atoms in total. The van der Waals surface area contributed by atoms with Crippen LogP contribution in [-0.2, 0) is 9.47 Å². The number of hydrogen-bond donors (Lipinski definition) is 3. The number of methoxy groups -OCH3 is 1. The Morgan fingerprint density at radius 1 is 1.43 bits per heavy atom. The number of carbonyl (C=O) groups is 1. The zero-order valence-corrected chi connectivity index (χ0v) is 12.1. The zero-order valence-electron chi connectivity index (χ0n) is 12.1. The standard InChI is InChI=1S/C13H15N3O7/c1-21-13(20)8-9(6-3-2-4-22-6)16(15-14-8)12-11(19)10(18)7(5-17)23-12/h2-4,7,10-12,17-19H,5H2,1H3/t7-,10-,11-,12-/m1/s1. The van der Waals surface area contributed by atoms with Gasteiger partial charge in [0, 0.05) is 0 Å². The number of rotatable bonds is 4. The third-order valence-corrected chi connectivity index (χ3v) is 3.59. The van der Waals surface area contributed by atoms with Gasteiger partial charge in [0.25, 0.3) is 0 Å². The summed E-state index contributed by atoms with van der Waals surface area (Å²) >= 11 is 0. The highest BCUT2D eigenvalue weighted by Gasteiger charge is 2.45.